The summed E-state index contributed by atoms with van der Waals surface area (Å²) in [6.07, 6.45) is 4.48. The zero-order chi connectivity index (χ0) is 14.8. The normalized spacial score (nSPS) is 14.6. The molecule has 1 unspecified atom stereocenters. The third-order valence-corrected chi connectivity index (χ3v) is 4.38. The highest BCUT2D eigenvalue weighted by molar-refractivity contribution is 9.10. The van der Waals surface area contributed by atoms with E-state index in [1.165, 1.54) is 11.1 Å². The minimum absolute atomic E-state index is 0.108. The summed E-state index contributed by atoms with van der Waals surface area (Å²) in [6, 6.07) is 8.21. The Bertz CT molecular complexity index is 657. The number of aromatic nitrogens is 1. The van der Waals surface area contributed by atoms with Crippen molar-refractivity contribution in [2.75, 3.05) is 6.61 Å². The highest BCUT2D eigenvalue weighted by Gasteiger charge is 2.20. The van der Waals surface area contributed by atoms with Gasteiger partial charge in [-0.05, 0) is 47.7 Å². The minimum atomic E-state index is -0.108. The van der Waals surface area contributed by atoms with Crippen LogP contribution in [0.5, 0.6) is 5.75 Å². The van der Waals surface area contributed by atoms with Crippen LogP contribution in [0.25, 0.3) is 0 Å². The molecule has 0 amide bonds. The summed E-state index contributed by atoms with van der Waals surface area (Å²) in [7, 11) is 0. The molecule has 0 radical (unpaired) electrons. The zero-order valence-corrected chi connectivity index (χ0v) is 13.7. The maximum absolute atomic E-state index is 6.41. The highest BCUT2D eigenvalue weighted by atomic mass is 79.9. The standard InChI is InChI=1S/C17H19BrN2O/c1-2-11-4-3-6-20-16(11)15(19)10-13-9-14(18)8-12-5-7-21-17(12)13/h3-4,6,8-9,15H,2,5,7,10,19H2,1H3. The first kappa shape index (κ1) is 14.5. The van der Waals surface area contributed by atoms with Gasteiger partial charge in [-0.15, -0.1) is 0 Å². The molecule has 0 fully saturated rings. The summed E-state index contributed by atoms with van der Waals surface area (Å²) in [6.45, 7) is 2.89. The number of ether oxygens (including phenoxy) is 1. The van der Waals surface area contributed by atoms with Crippen molar-refractivity contribution in [3.05, 3.63) is 57.3 Å². The SMILES string of the molecule is CCc1cccnc1C(N)Cc1cc(Br)cc2c1OCC2. The molecule has 1 aromatic heterocycles. The van der Waals surface area contributed by atoms with Crippen molar-refractivity contribution >= 4 is 15.9 Å². The molecular formula is C17H19BrN2O. The summed E-state index contributed by atoms with van der Waals surface area (Å²) in [4.78, 5) is 4.48. The Morgan fingerprint density at radius 1 is 1.38 bits per heavy atom. The maximum atomic E-state index is 6.41. The van der Waals surface area contributed by atoms with E-state index in [0.717, 1.165) is 47.3 Å². The number of nitrogens with zero attached hydrogens (tertiary/aromatic N) is 1. The zero-order valence-electron chi connectivity index (χ0n) is 12.1. The van der Waals surface area contributed by atoms with Crippen LogP contribution in [0.3, 0.4) is 0 Å². The molecule has 3 rings (SSSR count). The molecule has 0 saturated heterocycles. The molecule has 2 heterocycles. The van der Waals surface area contributed by atoms with Crippen molar-refractivity contribution in [1.29, 1.82) is 0 Å². The molecule has 1 aliphatic heterocycles. The van der Waals surface area contributed by atoms with Gasteiger partial charge in [-0.1, -0.05) is 28.9 Å². The lowest BCUT2D eigenvalue weighted by Gasteiger charge is -2.16. The van der Waals surface area contributed by atoms with E-state index in [0.29, 0.717) is 0 Å². The van der Waals surface area contributed by atoms with Crippen LogP contribution in [0, 0.1) is 0 Å². The summed E-state index contributed by atoms with van der Waals surface area (Å²) >= 11 is 3.58. The molecular weight excluding hydrogens is 328 g/mol. The molecule has 21 heavy (non-hydrogen) atoms. The Balaban J connectivity index is 1.90. The third-order valence-electron chi connectivity index (χ3n) is 3.92. The first-order chi connectivity index (χ1) is 10.2. The maximum Gasteiger partial charge on any atom is 0.125 e. The van der Waals surface area contributed by atoms with Crippen molar-refractivity contribution in [1.82, 2.24) is 4.98 Å². The first-order valence-electron chi connectivity index (χ1n) is 7.32. The number of halogens is 1. The quantitative estimate of drug-likeness (QED) is 0.920. The predicted molar refractivity (Wildman–Crippen MR) is 87.6 cm³/mol. The number of nitrogens with two attached hydrogens (primary N) is 1. The van der Waals surface area contributed by atoms with Crippen LogP contribution >= 0.6 is 15.9 Å². The monoisotopic (exact) mass is 346 g/mol. The molecule has 1 atom stereocenters. The van der Waals surface area contributed by atoms with Crippen LogP contribution < -0.4 is 10.5 Å². The van der Waals surface area contributed by atoms with Gasteiger partial charge in [0.1, 0.15) is 5.75 Å². The molecule has 1 aromatic carbocycles. The van der Waals surface area contributed by atoms with Crippen molar-refractivity contribution in [3.63, 3.8) is 0 Å². The second kappa shape index (κ2) is 6.16. The van der Waals surface area contributed by atoms with Gasteiger partial charge < -0.3 is 10.5 Å². The highest BCUT2D eigenvalue weighted by Crippen LogP contribution is 2.35. The van der Waals surface area contributed by atoms with E-state index in [-0.39, 0.29) is 6.04 Å². The van der Waals surface area contributed by atoms with Crippen molar-refractivity contribution in [2.24, 2.45) is 5.73 Å². The molecule has 2 aromatic rings. The molecule has 3 nitrogen and oxygen atoms in total. The summed E-state index contributed by atoms with van der Waals surface area (Å²) in [5.41, 5.74) is 11.1. The van der Waals surface area contributed by atoms with Crippen molar-refractivity contribution < 1.29 is 4.74 Å². The van der Waals surface area contributed by atoms with Gasteiger partial charge in [-0.2, -0.15) is 0 Å². The Labute approximate surface area is 133 Å². The number of aryl methyl sites for hydroxylation is 1. The van der Waals surface area contributed by atoms with Gasteiger partial charge in [-0.3, -0.25) is 4.98 Å². The molecule has 0 saturated carbocycles. The molecule has 4 heteroatoms. The van der Waals surface area contributed by atoms with E-state index < -0.39 is 0 Å². The number of hydrogen-bond acceptors (Lipinski definition) is 3. The van der Waals surface area contributed by atoms with E-state index in [2.05, 4.69) is 46.0 Å². The van der Waals surface area contributed by atoms with E-state index in [9.17, 15) is 0 Å². The van der Waals surface area contributed by atoms with Crippen LogP contribution in [0.4, 0.5) is 0 Å². The number of benzene rings is 1. The third kappa shape index (κ3) is 2.97. The minimum Gasteiger partial charge on any atom is -0.493 e. The second-order valence-electron chi connectivity index (χ2n) is 5.36. The number of hydrogen-bond donors (Lipinski definition) is 1. The Morgan fingerprint density at radius 3 is 3.05 bits per heavy atom. The molecule has 0 aliphatic carbocycles. The fraction of sp³-hybridized carbons (Fsp3) is 0.353. The molecule has 2 N–H and O–H groups in total. The van der Waals surface area contributed by atoms with Gasteiger partial charge in [0.25, 0.3) is 0 Å². The average molecular weight is 347 g/mol. The summed E-state index contributed by atoms with van der Waals surface area (Å²) < 4.78 is 6.87. The lowest BCUT2D eigenvalue weighted by molar-refractivity contribution is 0.352. The molecule has 0 spiro atoms. The van der Waals surface area contributed by atoms with E-state index in [4.69, 9.17) is 10.5 Å². The Morgan fingerprint density at radius 2 is 2.24 bits per heavy atom. The topological polar surface area (TPSA) is 48.1 Å². The van der Waals surface area contributed by atoms with Gasteiger partial charge in [-0.25, -0.2) is 0 Å². The second-order valence-corrected chi connectivity index (χ2v) is 6.28. The van der Waals surface area contributed by atoms with Crippen LogP contribution in [-0.2, 0) is 19.3 Å². The number of pyridine rings is 1. The van der Waals surface area contributed by atoms with Crippen LogP contribution in [0.1, 0.15) is 35.3 Å². The molecule has 110 valence electrons. The van der Waals surface area contributed by atoms with Crippen molar-refractivity contribution in [3.8, 4) is 5.75 Å². The largest absolute Gasteiger partial charge is 0.493 e. The summed E-state index contributed by atoms with van der Waals surface area (Å²) in [5.74, 6) is 1.02. The van der Waals surface area contributed by atoms with E-state index >= 15 is 0 Å². The lowest BCUT2D eigenvalue weighted by Crippen LogP contribution is -2.17. The Hall–Kier alpha value is -1.39. The fourth-order valence-electron chi connectivity index (χ4n) is 2.91. The fourth-order valence-corrected chi connectivity index (χ4v) is 3.47. The van der Waals surface area contributed by atoms with Gasteiger partial charge in [0.15, 0.2) is 0 Å². The molecule has 1 aliphatic rings. The van der Waals surface area contributed by atoms with Gasteiger partial charge in [0.05, 0.1) is 18.3 Å². The summed E-state index contributed by atoms with van der Waals surface area (Å²) in [5, 5.41) is 0. The van der Waals surface area contributed by atoms with Crippen LogP contribution in [-0.4, -0.2) is 11.6 Å². The van der Waals surface area contributed by atoms with Gasteiger partial charge in [0.2, 0.25) is 0 Å². The van der Waals surface area contributed by atoms with Crippen LogP contribution in [0.15, 0.2) is 34.9 Å². The first-order valence-corrected chi connectivity index (χ1v) is 8.11. The van der Waals surface area contributed by atoms with Gasteiger partial charge >= 0.3 is 0 Å². The smallest absolute Gasteiger partial charge is 0.125 e. The van der Waals surface area contributed by atoms with Gasteiger partial charge in [0, 0.05) is 17.1 Å². The van der Waals surface area contributed by atoms with E-state index in [1.54, 1.807) is 0 Å². The average Bonchev–Trinajstić information content (AvgIpc) is 2.95. The molecule has 0 bridgehead atoms. The Kier molecular flexibility index (Phi) is 4.27. The van der Waals surface area contributed by atoms with E-state index in [1.807, 2.05) is 12.3 Å². The van der Waals surface area contributed by atoms with Crippen LogP contribution in [0.2, 0.25) is 0 Å². The number of fused-ring (bicyclic) bond motifs is 1. The van der Waals surface area contributed by atoms with Crippen molar-refractivity contribution in [2.45, 2.75) is 32.2 Å². The number of rotatable bonds is 4. The predicted octanol–water partition coefficient (Wildman–Crippen LogP) is 3.58. The lowest BCUT2D eigenvalue weighted by atomic mass is 9.97.